The zero-order chi connectivity index (χ0) is 23.3. The zero-order valence-electron chi connectivity index (χ0n) is 19.1. The van der Waals surface area contributed by atoms with E-state index in [9.17, 15) is 0 Å². The zero-order valence-corrected chi connectivity index (χ0v) is 19.1. The molecule has 5 aromatic rings. The molecule has 0 aliphatic heterocycles. The van der Waals surface area contributed by atoms with Gasteiger partial charge in [-0.1, -0.05) is 72.8 Å². The minimum atomic E-state index is 0.470. The van der Waals surface area contributed by atoms with Gasteiger partial charge in [-0.25, -0.2) is 20.1 Å². The van der Waals surface area contributed by atoms with Crippen LogP contribution in [0.4, 0.5) is 5.95 Å². The van der Waals surface area contributed by atoms with Gasteiger partial charge < -0.3 is 0 Å². The van der Waals surface area contributed by atoms with Crippen molar-refractivity contribution in [3.63, 3.8) is 0 Å². The van der Waals surface area contributed by atoms with Crippen LogP contribution in [0.2, 0.25) is 0 Å². The van der Waals surface area contributed by atoms with Crippen molar-refractivity contribution in [3.05, 3.63) is 114 Å². The van der Waals surface area contributed by atoms with Crippen molar-refractivity contribution in [1.29, 1.82) is 0 Å². The van der Waals surface area contributed by atoms with Gasteiger partial charge in [0, 0.05) is 28.7 Å². The number of aryl methyl sites for hydroxylation is 2. The van der Waals surface area contributed by atoms with Gasteiger partial charge in [0.15, 0.2) is 0 Å². The Morgan fingerprint density at radius 1 is 0.735 bits per heavy atom. The summed E-state index contributed by atoms with van der Waals surface area (Å²) in [6, 6.07) is 30.7. The Bertz CT molecular complexity index is 1400. The summed E-state index contributed by atoms with van der Waals surface area (Å²) in [5.74, 6) is 0.470. The van der Waals surface area contributed by atoms with Gasteiger partial charge in [-0.2, -0.15) is 10.2 Å². The van der Waals surface area contributed by atoms with Crippen LogP contribution >= 0.6 is 0 Å². The molecule has 0 spiro atoms. The first-order valence-corrected chi connectivity index (χ1v) is 11.1. The maximum Gasteiger partial charge on any atom is 0.243 e. The highest BCUT2D eigenvalue weighted by Crippen LogP contribution is 2.26. The first kappa shape index (κ1) is 21.3. The van der Waals surface area contributed by atoms with E-state index >= 15 is 0 Å². The highest BCUT2D eigenvalue weighted by molar-refractivity contribution is 5.89. The van der Waals surface area contributed by atoms with Crippen LogP contribution in [0.15, 0.2) is 102 Å². The second-order valence-corrected chi connectivity index (χ2v) is 8.00. The van der Waals surface area contributed by atoms with E-state index in [0.29, 0.717) is 5.95 Å². The van der Waals surface area contributed by atoms with E-state index in [1.54, 1.807) is 6.21 Å². The Morgan fingerprint density at radius 3 is 2.00 bits per heavy atom. The largest absolute Gasteiger partial charge is 0.245 e. The van der Waals surface area contributed by atoms with Gasteiger partial charge >= 0.3 is 0 Å². The average Bonchev–Trinajstić information content (AvgIpc) is 3.29. The van der Waals surface area contributed by atoms with Crippen molar-refractivity contribution < 1.29 is 0 Å². The van der Waals surface area contributed by atoms with E-state index in [1.807, 2.05) is 79.3 Å². The topological polar surface area (TPSA) is 68.0 Å². The molecule has 34 heavy (non-hydrogen) atoms. The highest BCUT2D eigenvalue weighted by Gasteiger charge is 2.12. The van der Waals surface area contributed by atoms with Crippen LogP contribution in [0.3, 0.4) is 0 Å². The summed E-state index contributed by atoms with van der Waals surface area (Å²) < 4.78 is 1.87. The van der Waals surface area contributed by atoms with E-state index in [1.165, 1.54) is 5.56 Å². The Morgan fingerprint density at radius 2 is 1.32 bits per heavy atom. The predicted octanol–water partition coefficient (Wildman–Crippen LogP) is 6.06. The highest BCUT2D eigenvalue weighted by atomic mass is 15.3. The Balaban J connectivity index is 1.48. The van der Waals surface area contributed by atoms with Gasteiger partial charge in [0.25, 0.3) is 0 Å². The fourth-order valence-electron chi connectivity index (χ4n) is 3.81. The number of nitrogens with one attached hydrogen (secondary N) is 1. The van der Waals surface area contributed by atoms with Crippen LogP contribution in [0.25, 0.3) is 28.1 Å². The Hall–Kier alpha value is -4.58. The minimum absolute atomic E-state index is 0.470. The van der Waals surface area contributed by atoms with E-state index in [4.69, 9.17) is 5.10 Å². The van der Waals surface area contributed by atoms with Gasteiger partial charge in [-0.05, 0) is 43.2 Å². The molecule has 0 amide bonds. The molecule has 2 aromatic heterocycles. The van der Waals surface area contributed by atoms with Crippen LogP contribution in [-0.2, 0) is 0 Å². The number of benzene rings is 3. The predicted molar refractivity (Wildman–Crippen MR) is 137 cm³/mol. The summed E-state index contributed by atoms with van der Waals surface area (Å²) in [7, 11) is 0. The molecular formula is C28H24N6. The Labute approximate surface area is 198 Å². The summed E-state index contributed by atoms with van der Waals surface area (Å²) in [6.45, 7) is 3.87. The molecule has 6 heteroatoms. The first-order chi connectivity index (χ1) is 16.7. The third-order valence-electron chi connectivity index (χ3n) is 5.38. The van der Waals surface area contributed by atoms with Gasteiger partial charge in [0.05, 0.1) is 11.9 Å². The lowest BCUT2D eigenvalue weighted by atomic mass is 10.0. The standard InChI is InChI=1S/C28H24N6/c1-20-17-21(2)31-28(30-20)32-29-18-25-19-34(26-11-7-4-8-12-26)33-27(25)24-15-13-23(14-16-24)22-9-5-3-6-10-22/h3-19H,1-2H3,(H,30,31,32)/b29-18+. The molecule has 0 bridgehead atoms. The maximum atomic E-state index is 4.87. The molecular weight excluding hydrogens is 420 g/mol. The normalized spacial score (nSPS) is 11.1. The van der Waals surface area contributed by atoms with Gasteiger partial charge in [-0.15, -0.1) is 0 Å². The summed E-state index contributed by atoms with van der Waals surface area (Å²) in [5, 5.41) is 9.27. The fraction of sp³-hybridized carbons (Fsp3) is 0.0714. The van der Waals surface area contributed by atoms with E-state index in [2.05, 4.69) is 56.9 Å². The summed E-state index contributed by atoms with van der Waals surface area (Å²) >= 11 is 0. The lowest BCUT2D eigenvalue weighted by Gasteiger charge is -2.04. The van der Waals surface area contributed by atoms with Gasteiger partial charge in [0.1, 0.15) is 5.69 Å². The molecule has 2 heterocycles. The van der Waals surface area contributed by atoms with Crippen LogP contribution in [0.1, 0.15) is 17.0 Å². The van der Waals surface area contributed by atoms with Crippen LogP contribution in [0, 0.1) is 13.8 Å². The number of hydrogen-bond acceptors (Lipinski definition) is 5. The number of rotatable bonds is 6. The number of para-hydroxylation sites is 1. The lowest BCUT2D eigenvalue weighted by Crippen LogP contribution is -1.99. The van der Waals surface area contributed by atoms with Crippen molar-refractivity contribution >= 4 is 12.2 Å². The van der Waals surface area contributed by atoms with Crippen molar-refractivity contribution in [2.45, 2.75) is 13.8 Å². The molecule has 3 aromatic carbocycles. The molecule has 0 unspecified atom stereocenters. The SMILES string of the molecule is Cc1cc(C)nc(N/N=C/c2cn(-c3ccccc3)nc2-c2ccc(-c3ccccc3)cc2)n1. The van der Waals surface area contributed by atoms with Gasteiger partial charge in [0.2, 0.25) is 5.95 Å². The summed E-state index contributed by atoms with van der Waals surface area (Å²) in [5.41, 5.74) is 10.8. The number of hydrogen-bond donors (Lipinski definition) is 1. The van der Waals surface area contributed by atoms with Gasteiger partial charge in [-0.3, -0.25) is 0 Å². The van der Waals surface area contributed by atoms with E-state index < -0.39 is 0 Å². The van der Waals surface area contributed by atoms with Crippen LogP contribution < -0.4 is 5.43 Å². The Kier molecular flexibility index (Phi) is 5.95. The van der Waals surface area contributed by atoms with Crippen molar-refractivity contribution in [2.75, 3.05) is 5.43 Å². The van der Waals surface area contributed by atoms with E-state index in [0.717, 1.165) is 39.5 Å². The molecule has 166 valence electrons. The van der Waals surface area contributed by atoms with Crippen LogP contribution in [-0.4, -0.2) is 26.0 Å². The third kappa shape index (κ3) is 4.76. The lowest BCUT2D eigenvalue weighted by molar-refractivity contribution is 0.884. The van der Waals surface area contributed by atoms with E-state index in [-0.39, 0.29) is 0 Å². The van der Waals surface area contributed by atoms with Crippen molar-refractivity contribution in [2.24, 2.45) is 5.10 Å². The number of anilines is 1. The fourth-order valence-corrected chi connectivity index (χ4v) is 3.81. The quantitative estimate of drug-likeness (QED) is 0.255. The average molecular weight is 445 g/mol. The molecule has 0 fully saturated rings. The monoisotopic (exact) mass is 444 g/mol. The second kappa shape index (κ2) is 9.50. The number of hydrazone groups is 1. The number of aromatic nitrogens is 4. The molecule has 6 nitrogen and oxygen atoms in total. The summed E-state index contributed by atoms with van der Waals surface area (Å²) in [6.07, 6.45) is 3.73. The molecule has 0 aliphatic carbocycles. The number of nitrogens with zero attached hydrogens (tertiary/aromatic N) is 5. The third-order valence-corrected chi connectivity index (χ3v) is 5.38. The molecule has 0 radical (unpaired) electrons. The second-order valence-electron chi connectivity index (χ2n) is 8.00. The molecule has 1 N–H and O–H groups in total. The minimum Gasteiger partial charge on any atom is -0.245 e. The first-order valence-electron chi connectivity index (χ1n) is 11.1. The molecule has 0 saturated carbocycles. The maximum absolute atomic E-state index is 4.87. The molecule has 0 aliphatic rings. The summed E-state index contributed by atoms with van der Waals surface area (Å²) in [4.78, 5) is 8.76. The molecule has 0 saturated heterocycles. The van der Waals surface area contributed by atoms with Crippen molar-refractivity contribution in [1.82, 2.24) is 19.7 Å². The van der Waals surface area contributed by atoms with Crippen molar-refractivity contribution in [3.8, 4) is 28.1 Å². The molecule has 0 atom stereocenters. The molecule has 5 rings (SSSR count). The smallest absolute Gasteiger partial charge is 0.243 e. The van der Waals surface area contributed by atoms with Crippen LogP contribution in [0.5, 0.6) is 0 Å².